The topological polar surface area (TPSA) is 86.7 Å². The quantitative estimate of drug-likeness (QED) is 0.681. The molecule has 1 atom stereocenters. The van der Waals surface area contributed by atoms with E-state index in [1.54, 1.807) is 13.8 Å². The molecule has 0 aliphatic carbocycles. The van der Waals surface area contributed by atoms with Gasteiger partial charge in [0.2, 0.25) is 10.0 Å². The minimum Gasteiger partial charge on any atom is -0.396 e. The molecule has 2 N–H and O–H groups in total. The summed E-state index contributed by atoms with van der Waals surface area (Å²) in [5, 5.41) is 12.3. The smallest absolute Gasteiger partial charge is 0.253 e. The SMILES string of the molecule is CC(C)N(C)S(=O)(=O)c1ccc(Cl)c(C(=O)N[C@@H](CCO)c2ccccc2)c1. The second-order valence-corrected chi connectivity index (χ2v) is 9.11. The number of aliphatic hydroxyl groups is 1. The van der Waals surface area contributed by atoms with Crippen molar-refractivity contribution in [3.63, 3.8) is 0 Å². The molecular weight excluding hydrogens is 400 g/mol. The van der Waals surface area contributed by atoms with Gasteiger partial charge in [0, 0.05) is 19.7 Å². The fourth-order valence-electron chi connectivity index (χ4n) is 2.66. The van der Waals surface area contributed by atoms with Crippen molar-refractivity contribution in [3.05, 3.63) is 64.7 Å². The molecule has 0 heterocycles. The van der Waals surface area contributed by atoms with Gasteiger partial charge in [0.25, 0.3) is 5.91 Å². The largest absolute Gasteiger partial charge is 0.396 e. The third kappa shape index (κ3) is 5.11. The molecule has 2 aromatic rings. The van der Waals surface area contributed by atoms with Crippen LogP contribution in [0.1, 0.15) is 42.2 Å². The minimum absolute atomic E-state index is 0.00308. The molecule has 152 valence electrons. The highest BCUT2D eigenvalue weighted by molar-refractivity contribution is 7.89. The van der Waals surface area contributed by atoms with E-state index in [1.807, 2.05) is 30.3 Å². The van der Waals surface area contributed by atoms with Gasteiger partial charge in [0.05, 0.1) is 21.5 Å². The summed E-state index contributed by atoms with van der Waals surface area (Å²) in [5.41, 5.74) is 0.906. The first-order valence-corrected chi connectivity index (χ1v) is 10.7. The molecule has 8 heteroatoms. The van der Waals surface area contributed by atoms with Gasteiger partial charge in [-0.2, -0.15) is 4.31 Å². The minimum atomic E-state index is -3.75. The van der Waals surface area contributed by atoms with E-state index in [4.69, 9.17) is 11.6 Å². The molecule has 0 aliphatic rings. The van der Waals surface area contributed by atoms with E-state index in [9.17, 15) is 18.3 Å². The van der Waals surface area contributed by atoms with E-state index in [0.29, 0.717) is 6.42 Å². The maximum absolute atomic E-state index is 12.8. The van der Waals surface area contributed by atoms with E-state index in [-0.39, 0.29) is 28.1 Å². The highest BCUT2D eigenvalue weighted by Crippen LogP contribution is 2.25. The Hall–Kier alpha value is -1.93. The summed E-state index contributed by atoms with van der Waals surface area (Å²) < 4.78 is 26.7. The van der Waals surface area contributed by atoms with Crippen molar-refractivity contribution < 1.29 is 18.3 Å². The Morgan fingerprint density at radius 3 is 2.39 bits per heavy atom. The summed E-state index contributed by atoms with van der Waals surface area (Å²) >= 11 is 6.17. The Labute approximate surface area is 171 Å². The number of carbonyl (C=O) groups is 1. The van der Waals surface area contributed by atoms with Crippen molar-refractivity contribution in [2.75, 3.05) is 13.7 Å². The molecule has 0 saturated carbocycles. The van der Waals surface area contributed by atoms with Gasteiger partial charge in [0.15, 0.2) is 0 Å². The second kappa shape index (κ2) is 9.52. The van der Waals surface area contributed by atoms with Crippen molar-refractivity contribution in [3.8, 4) is 0 Å². The molecule has 0 bridgehead atoms. The van der Waals surface area contributed by atoms with E-state index < -0.39 is 22.0 Å². The number of hydrogen-bond acceptors (Lipinski definition) is 4. The summed E-state index contributed by atoms with van der Waals surface area (Å²) in [5.74, 6) is -0.503. The molecule has 0 aromatic heterocycles. The number of amides is 1. The molecule has 0 saturated heterocycles. The van der Waals surface area contributed by atoms with Crippen LogP contribution in [0, 0.1) is 0 Å². The highest BCUT2D eigenvalue weighted by atomic mass is 35.5. The molecule has 0 radical (unpaired) electrons. The van der Waals surface area contributed by atoms with Gasteiger partial charge in [-0.05, 0) is 44.0 Å². The molecule has 0 spiro atoms. The summed E-state index contributed by atoms with van der Waals surface area (Å²) in [6.07, 6.45) is 0.321. The van der Waals surface area contributed by atoms with Crippen LogP contribution < -0.4 is 5.32 Å². The number of sulfonamides is 1. The Balaban J connectivity index is 2.35. The van der Waals surface area contributed by atoms with Crippen molar-refractivity contribution >= 4 is 27.5 Å². The third-order valence-corrected chi connectivity index (χ3v) is 6.87. The molecule has 0 aliphatic heterocycles. The Morgan fingerprint density at radius 1 is 1.18 bits per heavy atom. The van der Waals surface area contributed by atoms with Crippen LogP contribution in [-0.4, -0.2) is 43.4 Å². The van der Waals surface area contributed by atoms with Crippen molar-refractivity contribution in [2.45, 2.75) is 37.2 Å². The molecule has 1 amide bonds. The number of nitrogens with one attached hydrogen (secondary N) is 1. The van der Waals surface area contributed by atoms with Crippen molar-refractivity contribution in [1.29, 1.82) is 0 Å². The van der Waals surface area contributed by atoms with Gasteiger partial charge in [-0.25, -0.2) is 8.42 Å². The predicted molar refractivity (Wildman–Crippen MR) is 110 cm³/mol. The lowest BCUT2D eigenvalue weighted by Crippen LogP contribution is -2.33. The lowest BCUT2D eigenvalue weighted by Gasteiger charge is -2.22. The summed E-state index contributed by atoms with van der Waals surface area (Å²) in [6, 6.07) is 12.7. The van der Waals surface area contributed by atoms with Gasteiger partial charge >= 0.3 is 0 Å². The fourth-order valence-corrected chi connectivity index (χ4v) is 4.25. The zero-order valence-corrected chi connectivity index (χ0v) is 17.7. The van der Waals surface area contributed by atoms with Crippen LogP contribution in [0.5, 0.6) is 0 Å². The maximum atomic E-state index is 12.8. The molecule has 6 nitrogen and oxygen atoms in total. The van der Waals surface area contributed by atoms with E-state index >= 15 is 0 Å². The van der Waals surface area contributed by atoms with E-state index in [0.717, 1.165) is 5.56 Å². The average molecular weight is 425 g/mol. The van der Waals surface area contributed by atoms with Crippen molar-refractivity contribution in [1.82, 2.24) is 9.62 Å². The molecule has 2 aromatic carbocycles. The number of aliphatic hydroxyl groups excluding tert-OH is 1. The monoisotopic (exact) mass is 424 g/mol. The predicted octanol–water partition coefficient (Wildman–Crippen LogP) is 3.22. The van der Waals surface area contributed by atoms with Crippen LogP contribution in [0.4, 0.5) is 0 Å². The van der Waals surface area contributed by atoms with Crippen LogP contribution in [0.2, 0.25) is 5.02 Å². The molecule has 2 rings (SSSR count). The maximum Gasteiger partial charge on any atom is 0.253 e. The Kier molecular flexibility index (Phi) is 7.60. The summed E-state index contributed by atoms with van der Waals surface area (Å²) in [4.78, 5) is 12.8. The van der Waals surface area contributed by atoms with Gasteiger partial charge in [-0.3, -0.25) is 4.79 Å². The van der Waals surface area contributed by atoms with E-state index in [1.165, 1.54) is 29.6 Å². The number of carbonyl (C=O) groups excluding carboxylic acids is 1. The Morgan fingerprint density at radius 2 is 1.82 bits per heavy atom. The zero-order valence-electron chi connectivity index (χ0n) is 16.1. The molecule has 0 unspecified atom stereocenters. The fraction of sp³-hybridized carbons (Fsp3) is 0.350. The first-order chi connectivity index (χ1) is 13.2. The second-order valence-electron chi connectivity index (χ2n) is 6.71. The van der Waals surface area contributed by atoms with Gasteiger partial charge in [-0.1, -0.05) is 41.9 Å². The number of rotatable bonds is 8. The number of nitrogens with zero attached hydrogens (tertiary/aromatic N) is 1. The molecular formula is C20H25ClN2O4S. The molecule has 28 heavy (non-hydrogen) atoms. The summed E-state index contributed by atoms with van der Waals surface area (Å²) in [6.45, 7) is 3.42. The first-order valence-electron chi connectivity index (χ1n) is 8.92. The van der Waals surface area contributed by atoms with Gasteiger partial charge in [-0.15, -0.1) is 0 Å². The van der Waals surface area contributed by atoms with E-state index in [2.05, 4.69) is 5.32 Å². The van der Waals surface area contributed by atoms with Crippen molar-refractivity contribution in [2.24, 2.45) is 0 Å². The van der Waals surface area contributed by atoms with Crippen LogP contribution >= 0.6 is 11.6 Å². The van der Waals surface area contributed by atoms with Crippen LogP contribution in [0.3, 0.4) is 0 Å². The lowest BCUT2D eigenvalue weighted by molar-refractivity contribution is 0.0930. The van der Waals surface area contributed by atoms with Crippen LogP contribution in [0.25, 0.3) is 0 Å². The third-order valence-electron chi connectivity index (χ3n) is 4.51. The number of hydrogen-bond donors (Lipinski definition) is 2. The highest BCUT2D eigenvalue weighted by Gasteiger charge is 2.25. The first kappa shape index (κ1) is 22.4. The van der Waals surface area contributed by atoms with Crippen LogP contribution in [0.15, 0.2) is 53.4 Å². The zero-order chi connectivity index (χ0) is 20.9. The van der Waals surface area contributed by atoms with Gasteiger partial charge in [0.1, 0.15) is 0 Å². The standard InChI is InChI=1S/C20H25ClN2O4S/c1-14(2)23(3)28(26,27)16-9-10-18(21)17(13-16)20(25)22-19(11-12-24)15-7-5-4-6-8-15/h4-10,13-14,19,24H,11-12H2,1-3H3,(H,22,25)/t19-/m0/s1. The summed E-state index contributed by atoms with van der Waals surface area (Å²) in [7, 11) is -2.26. The molecule has 0 fully saturated rings. The normalized spacial score (nSPS) is 13.0. The Bertz CT molecular complexity index is 917. The number of halogens is 1. The van der Waals surface area contributed by atoms with Gasteiger partial charge < -0.3 is 10.4 Å². The van der Waals surface area contributed by atoms with Crippen LogP contribution in [-0.2, 0) is 10.0 Å². The lowest BCUT2D eigenvalue weighted by atomic mass is 10.0. The number of benzene rings is 2. The average Bonchev–Trinajstić information content (AvgIpc) is 2.67.